The van der Waals surface area contributed by atoms with Crippen molar-refractivity contribution in [3.63, 3.8) is 0 Å². The third-order valence-electron chi connectivity index (χ3n) is 3.96. The molecule has 0 saturated carbocycles. The maximum absolute atomic E-state index is 13.4. The van der Waals surface area contributed by atoms with Crippen LogP contribution in [-0.4, -0.2) is 14.5 Å². The van der Waals surface area contributed by atoms with Crippen molar-refractivity contribution < 1.29 is 21.6 Å². The second-order valence-corrected chi connectivity index (χ2v) is 7.35. The average molecular weight is 341 g/mol. The van der Waals surface area contributed by atoms with E-state index in [2.05, 4.69) is 0 Å². The quantitative estimate of drug-likeness (QED) is 0.836. The summed E-state index contributed by atoms with van der Waals surface area (Å²) in [6.45, 7) is 1.73. The second kappa shape index (κ2) is 5.56. The van der Waals surface area contributed by atoms with E-state index in [1.807, 2.05) is 0 Å². The van der Waals surface area contributed by atoms with Gasteiger partial charge in [-0.3, -0.25) is 4.31 Å². The minimum atomic E-state index is -4.07. The van der Waals surface area contributed by atoms with Crippen LogP contribution < -0.4 is 4.31 Å². The van der Waals surface area contributed by atoms with Gasteiger partial charge < -0.3 is 0 Å². The van der Waals surface area contributed by atoms with Crippen LogP contribution in [0, 0.1) is 17.5 Å². The van der Waals surface area contributed by atoms with E-state index in [9.17, 15) is 21.6 Å². The number of rotatable bonds is 2. The van der Waals surface area contributed by atoms with Crippen LogP contribution in [0.25, 0.3) is 0 Å². The van der Waals surface area contributed by atoms with Gasteiger partial charge in [0.1, 0.15) is 5.82 Å². The molecule has 0 N–H and O–H groups in total. The normalized spacial score (nSPS) is 17.9. The third-order valence-corrected chi connectivity index (χ3v) is 5.88. The number of hydrogen-bond acceptors (Lipinski definition) is 2. The fourth-order valence-electron chi connectivity index (χ4n) is 2.81. The Morgan fingerprint density at radius 2 is 1.78 bits per heavy atom. The minimum absolute atomic E-state index is 0.333. The van der Waals surface area contributed by atoms with Gasteiger partial charge in [0, 0.05) is 6.04 Å². The minimum Gasteiger partial charge on any atom is -0.263 e. The fourth-order valence-corrected chi connectivity index (χ4v) is 4.54. The Labute approximate surface area is 132 Å². The molecule has 0 aliphatic carbocycles. The molecule has 0 saturated heterocycles. The predicted molar refractivity (Wildman–Crippen MR) is 80.2 cm³/mol. The molecule has 122 valence electrons. The van der Waals surface area contributed by atoms with E-state index >= 15 is 0 Å². The van der Waals surface area contributed by atoms with Crippen molar-refractivity contribution in [2.75, 3.05) is 4.31 Å². The molecule has 0 aromatic heterocycles. The van der Waals surface area contributed by atoms with Gasteiger partial charge in [-0.05, 0) is 61.7 Å². The molecule has 1 atom stereocenters. The van der Waals surface area contributed by atoms with Gasteiger partial charge in [-0.15, -0.1) is 0 Å². The van der Waals surface area contributed by atoms with E-state index < -0.39 is 27.5 Å². The number of halogens is 3. The maximum Gasteiger partial charge on any atom is 0.264 e. The van der Waals surface area contributed by atoms with E-state index in [4.69, 9.17) is 0 Å². The highest BCUT2D eigenvalue weighted by Crippen LogP contribution is 2.35. The lowest BCUT2D eigenvalue weighted by Gasteiger charge is -2.36. The number of nitrogens with zero attached hydrogens (tertiary/aromatic N) is 1. The molecule has 0 bridgehead atoms. The number of aryl methyl sites for hydroxylation is 1. The monoisotopic (exact) mass is 341 g/mol. The Balaban J connectivity index is 2.14. The van der Waals surface area contributed by atoms with Crippen molar-refractivity contribution in [2.45, 2.75) is 30.7 Å². The molecule has 3 nitrogen and oxygen atoms in total. The summed E-state index contributed by atoms with van der Waals surface area (Å²) >= 11 is 0. The highest BCUT2D eigenvalue weighted by molar-refractivity contribution is 7.92. The number of benzene rings is 2. The van der Waals surface area contributed by atoms with Gasteiger partial charge >= 0.3 is 0 Å². The lowest BCUT2D eigenvalue weighted by atomic mass is 9.99. The summed E-state index contributed by atoms with van der Waals surface area (Å²) < 4.78 is 66.7. The summed E-state index contributed by atoms with van der Waals surface area (Å²) in [6.07, 6.45) is 1.07. The molecule has 0 fully saturated rings. The van der Waals surface area contributed by atoms with Gasteiger partial charge in [-0.25, -0.2) is 21.6 Å². The molecule has 1 heterocycles. The Morgan fingerprint density at radius 1 is 1.04 bits per heavy atom. The van der Waals surface area contributed by atoms with Crippen LogP contribution in [0.4, 0.5) is 18.9 Å². The van der Waals surface area contributed by atoms with Crippen molar-refractivity contribution in [2.24, 2.45) is 0 Å². The van der Waals surface area contributed by atoms with Crippen LogP contribution in [0.5, 0.6) is 0 Å². The summed E-state index contributed by atoms with van der Waals surface area (Å²) in [4.78, 5) is -0.333. The molecule has 3 rings (SSSR count). The van der Waals surface area contributed by atoms with Crippen molar-refractivity contribution in [1.82, 2.24) is 0 Å². The zero-order chi connectivity index (χ0) is 16.8. The molecule has 2 aromatic carbocycles. The van der Waals surface area contributed by atoms with Gasteiger partial charge in [0.15, 0.2) is 11.6 Å². The molecule has 0 amide bonds. The molecule has 2 aromatic rings. The first kappa shape index (κ1) is 15.9. The van der Waals surface area contributed by atoms with Crippen LogP contribution in [0.15, 0.2) is 41.3 Å². The van der Waals surface area contributed by atoms with Crippen molar-refractivity contribution in [3.05, 3.63) is 59.4 Å². The Morgan fingerprint density at radius 3 is 2.48 bits per heavy atom. The lowest BCUT2D eigenvalue weighted by molar-refractivity contribution is 0.503. The number of fused-ring (bicyclic) bond motifs is 1. The van der Waals surface area contributed by atoms with E-state index in [-0.39, 0.29) is 10.9 Å². The van der Waals surface area contributed by atoms with Crippen LogP contribution in [-0.2, 0) is 16.4 Å². The fraction of sp³-hybridized carbons (Fsp3) is 0.250. The van der Waals surface area contributed by atoms with Crippen molar-refractivity contribution in [3.8, 4) is 0 Å². The number of anilines is 1. The zero-order valence-corrected chi connectivity index (χ0v) is 13.1. The van der Waals surface area contributed by atoms with E-state index in [0.717, 1.165) is 16.4 Å². The van der Waals surface area contributed by atoms with Crippen LogP contribution in [0.3, 0.4) is 0 Å². The number of sulfonamides is 1. The van der Waals surface area contributed by atoms with Crippen LogP contribution in [0.1, 0.15) is 18.9 Å². The van der Waals surface area contributed by atoms with Gasteiger partial charge in [-0.1, -0.05) is 0 Å². The molecule has 1 unspecified atom stereocenters. The molecular formula is C16H14F3NO2S. The first-order valence-corrected chi connectivity index (χ1v) is 8.52. The SMILES string of the molecule is CC1CCc2cc(F)ccc2N1S(=O)(=O)c1ccc(F)c(F)c1. The average Bonchev–Trinajstić information content (AvgIpc) is 2.49. The summed E-state index contributed by atoms with van der Waals surface area (Å²) in [5.74, 6) is -2.78. The van der Waals surface area contributed by atoms with Gasteiger partial charge in [-0.2, -0.15) is 0 Å². The van der Waals surface area contributed by atoms with Gasteiger partial charge in [0.05, 0.1) is 10.6 Å². The van der Waals surface area contributed by atoms with Crippen LogP contribution >= 0.6 is 0 Å². The summed E-state index contributed by atoms with van der Waals surface area (Å²) in [5.41, 5.74) is 0.948. The first-order chi connectivity index (χ1) is 10.8. The maximum atomic E-state index is 13.4. The Kier molecular flexibility index (Phi) is 3.83. The highest BCUT2D eigenvalue weighted by atomic mass is 32.2. The van der Waals surface area contributed by atoms with Crippen molar-refractivity contribution >= 4 is 15.7 Å². The summed E-state index contributed by atoms with van der Waals surface area (Å²) in [7, 11) is -4.07. The largest absolute Gasteiger partial charge is 0.264 e. The first-order valence-electron chi connectivity index (χ1n) is 7.08. The summed E-state index contributed by atoms with van der Waals surface area (Å²) in [6, 6.07) is 5.99. The smallest absolute Gasteiger partial charge is 0.263 e. The molecule has 7 heteroatoms. The molecule has 23 heavy (non-hydrogen) atoms. The zero-order valence-electron chi connectivity index (χ0n) is 12.3. The summed E-state index contributed by atoms with van der Waals surface area (Å²) in [5, 5.41) is 0. The third kappa shape index (κ3) is 2.69. The van der Waals surface area contributed by atoms with Gasteiger partial charge in [0.2, 0.25) is 0 Å². The molecule has 0 spiro atoms. The van der Waals surface area contributed by atoms with E-state index in [1.165, 1.54) is 18.2 Å². The van der Waals surface area contributed by atoms with E-state index in [1.54, 1.807) is 6.92 Å². The second-order valence-electron chi connectivity index (χ2n) is 5.54. The lowest BCUT2D eigenvalue weighted by Crippen LogP contribution is -2.42. The highest BCUT2D eigenvalue weighted by Gasteiger charge is 2.34. The molecule has 1 aliphatic heterocycles. The molecule has 0 radical (unpaired) electrons. The number of hydrogen-bond donors (Lipinski definition) is 0. The van der Waals surface area contributed by atoms with Gasteiger partial charge in [0.25, 0.3) is 10.0 Å². The molecular weight excluding hydrogens is 327 g/mol. The van der Waals surface area contributed by atoms with E-state index in [0.29, 0.717) is 30.2 Å². The molecule has 1 aliphatic rings. The predicted octanol–water partition coefficient (Wildman–Crippen LogP) is 3.63. The van der Waals surface area contributed by atoms with Crippen LogP contribution in [0.2, 0.25) is 0 Å². The Hall–Kier alpha value is -2.02. The van der Waals surface area contributed by atoms with Crippen molar-refractivity contribution in [1.29, 1.82) is 0 Å². The Bertz CT molecular complexity index is 868. The topological polar surface area (TPSA) is 37.4 Å². The standard InChI is InChI=1S/C16H14F3NO2S/c1-10-2-3-11-8-12(17)4-7-16(11)20(10)23(21,22)13-5-6-14(18)15(19)9-13/h4-10H,2-3H2,1H3.